The Balaban J connectivity index is 1.76. The van der Waals surface area contributed by atoms with E-state index in [1.54, 1.807) is 24.5 Å². The smallest absolute Gasteiger partial charge is 0.257 e. The minimum Gasteiger partial charge on any atom is -0.327 e. The van der Waals surface area contributed by atoms with Gasteiger partial charge in [-0.2, -0.15) is 0 Å². The first-order valence-electron chi connectivity index (χ1n) is 8.19. The number of carbonyl (C=O) groups excluding carboxylic acids is 1. The summed E-state index contributed by atoms with van der Waals surface area (Å²) in [5.41, 5.74) is 3.47. The van der Waals surface area contributed by atoms with Crippen LogP contribution in [-0.2, 0) is 0 Å². The van der Waals surface area contributed by atoms with Gasteiger partial charge >= 0.3 is 0 Å². The topological polar surface area (TPSA) is 58.1 Å². The Hall–Kier alpha value is -3.21. The van der Waals surface area contributed by atoms with Crippen LogP contribution in [0.4, 0.5) is 17.2 Å². The Kier molecular flexibility index (Phi) is 5.04. The van der Waals surface area contributed by atoms with E-state index in [0.29, 0.717) is 11.3 Å². The number of aryl methyl sites for hydroxylation is 1. The largest absolute Gasteiger partial charge is 0.327 e. The molecule has 0 aliphatic heterocycles. The molecule has 0 radical (unpaired) electrons. The summed E-state index contributed by atoms with van der Waals surface area (Å²) in [7, 11) is 0. The molecule has 0 fully saturated rings. The van der Waals surface area contributed by atoms with Gasteiger partial charge in [-0.15, -0.1) is 0 Å². The molecule has 3 rings (SSSR count). The first kappa shape index (κ1) is 16.6. The third-order valence-corrected chi connectivity index (χ3v) is 3.84. The maximum absolute atomic E-state index is 12.2. The number of nitrogens with zero attached hydrogens (tertiary/aromatic N) is 3. The lowest BCUT2D eigenvalue weighted by Gasteiger charge is -2.22. The van der Waals surface area contributed by atoms with Gasteiger partial charge in [-0.1, -0.05) is 12.1 Å². The minimum absolute atomic E-state index is 0.200. The first-order valence-corrected chi connectivity index (χ1v) is 8.19. The van der Waals surface area contributed by atoms with Crippen molar-refractivity contribution in [3.05, 3.63) is 78.2 Å². The third kappa shape index (κ3) is 4.01. The Morgan fingerprint density at radius 2 is 2.00 bits per heavy atom. The van der Waals surface area contributed by atoms with Crippen molar-refractivity contribution in [2.75, 3.05) is 16.8 Å². The molecule has 2 aromatic heterocycles. The van der Waals surface area contributed by atoms with E-state index < -0.39 is 0 Å². The number of benzene rings is 1. The second-order valence-corrected chi connectivity index (χ2v) is 5.68. The van der Waals surface area contributed by atoms with Gasteiger partial charge < -0.3 is 10.2 Å². The number of amides is 1. The predicted octanol–water partition coefficient (Wildman–Crippen LogP) is 4.20. The molecule has 1 amide bonds. The Morgan fingerprint density at radius 1 is 1.12 bits per heavy atom. The average Bonchev–Trinajstić information content (AvgIpc) is 2.64. The second kappa shape index (κ2) is 7.57. The van der Waals surface area contributed by atoms with Gasteiger partial charge in [0, 0.05) is 24.6 Å². The summed E-state index contributed by atoms with van der Waals surface area (Å²) in [6, 6.07) is 15.5. The molecular formula is C20H20N4O. The zero-order valence-electron chi connectivity index (χ0n) is 14.3. The maximum atomic E-state index is 12.2. The molecule has 126 valence electrons. The molecule has 25 heavy (non-hydrogen) atoms. The Bertz CT molecular complexity index is 847. The van der Waals surface area contributed by atoms with E-state index >= 15 is 0 Å². The standard InChI is InChI=1S/C20H20N4O/c1-3-24(18-8-4-6-15(2)12-18)19-10-9-17(14-22-19)23-20(25)16-7-5-11-21-13-16/h4-14H,3H2,1-2H3,(H,23,25). The predicted molar refractivity (Wildman–Crippen MR) is 100 cm³/mol. The van der Waals surface area contributed by atoms with Crippen molar-refractivity contribution in [2.45, 2.75) is 13.8 Å². The SMILES string of the molecule is CCN(c1cccc(C)c1)c1ccc(NC(=O)c2cccnc2)cn1. The number of hydrogen-bond donors (Lipinski definition) is 1. The summed E-state index contributed by atoms with van der Waals surface area (Å²) in [5.74, 6) is 0.640. The van der Waals surface area contributed by atoms with E-state index in [4.69, 9.17) is 0 Å². The first-order chi connectivity index (χ1) is 12.2. The lowest BCUT2D eigenvalue weighted by atomic mass is 10.2. The van der Waals surface area contributed by atoms with Crippen LogP contribution in [0.5, 0.6) is 0 Å². The van der Waals surface area contributed by atoms with Crippen molar-refractivity contribution in [3.8, 4) is 0 Å². The number of aromatic nitrogens is 2. The molecule has 5 heteroatoms. The molecule has 0 aliphatic carbocycles. The fraction of sp³-hybridized carbons (Fsp3) is 0.150. The summed E-state index contributed by atoms with van der Waals surface area (Å²) in [5, 5.41) is 2.83. The lowest BCUT2D eigenvalue weighted by Crippen LogP contribution is -2.18. The molecular weight excluding hydrogens is 312 g/mol. The number of rotatable bonds is 5. The Labute approximate surface area is 147 Å². The zero-order valence-corrected chi connectivity index (χ0v) is 14.3. The quantitative estimate of drug-likeness (QED) is 0.761. The van der Waals surface area contributed by atoms with Crippen LogP contribution in [0.1, 0.15) is 22.8 Å². The summed E-state index contributed by atoms with van der Waals surface area (Å²) in [6.45, 7) is 4.96. The molecule has 0 spiro atoms. The summed E-state index contributed by atoms with van der Waals surface area (Å²) < 4.78 is 0. The van der Waals surface area contributed by atoms with Crippen molar-refractivity contribution in [2.24, 2.45) is 0 Å². The number of anilines is 3. The highest BCUT2D eigenvalue weighted by Gasteiger charge is 2.10. The van der Waals surface area contributed by atoms with Crippen molar-refractivity contribution < 1.29 is 4.79 Å². The van der Waals surface area contributed by atoms with Gasteiger partial charge in [0.1, 0.15) is 5.82 Å². The van der Waals surface area contributed by atoms with Gasteiger partial charge in [-0.25, -0.2) is 4.98 Å². The highest BCUT2D eigenvalue weighted by Crippen LogP contribution is 2.24. The van der Waals surface area contributed by atoms with Crippen LogP contribution in [0.25, 0.3) is 0 Å². The molecule has 1 aromatic carbocycles. The molecule has 0 saturated carbocycles. The molecule has 0 atom stereocenters. The number of pyridine rings is 2. The van der Waals surface area contributed by atoms with Gasteiger partial charge in [-0.3, -0.25) is 9.78 Å². The van der Waals surface area contributed by atoms with Crippen molar-refractivity contribution in [1.82, 2.24) is 9.97 Å². The van der Waals surface area contributed by atoms with Crippen LogP contribution in [0, 0.1) is 6.92 Å². The van der Waals surface area contributed by atoms with Crippen molar-refractivity contribution >= 4 is 23.1 Å². The van der Waals surface area contributed by atoms with Gasteiger partial charge in [-0.05, 0) is 55.8 Å². The second-order valence-electron chi connectivity index (χ2n) is 5.68. The molecule has 2 heterocycles. The third-order valence-electron chi connectivity index (χ3n) is 3.84. The van der Waals surface area contributed by atoms with Crippen LogP contribution in [0.3, 0.4) is 0 Å². The van der Waals surface area contributed by atoms with Gasteiger partial charge in [0.05, 0.1) is 17.4 Å². The average molecular weight is 332 g/mol. The molecule has 0 aliphatic rings. The fourth-order valence-corrected chi connectivity index (χ4v) is 2.59. The van der Waals surface area contributed by atoms with E-state index in [1.807, 2.05) is 18.2 Å². The van der Waals surface area contributed by atoms with Gasteiger partial charge in [0.2, 0.25) is 0 Å². The minimum atomic E-state index is -0.200. The molecule has 0 unspecified atom stereocenters. The van der Waals surface area contributed by atoms with Crippen molar-refractivity contribution in [1.29, 1.82) is 0 Å². The van der Waals surface area contributed by atoms with Gasteiger partial charge in [0.15, 0.2) is 0 Å². The monoisotopic (exact) mass is 332 g/mol. The Morgan fingerprint density at radius 3 is 2.64 bits per heavy atom. The van der Waals surface area contributed by atoms with E-state index in [0.717, 1.165) is 18.1 Å². The molecule has 5 nitrogen and oxygen atoms in total. The van der Waals surface area contributed by atoms with E-state index in [9.17, 15) is 4.79 Å². The van der Waals surface area contributed by atoms with E-state index in [1.165, 1.54) is 11.8 Å². The van der Waals surface area contributed by atoms with Gasteiger partial charge in [0.25, 0.3) is 5.91 Å². The van der Waals surface area contributed by atoms with E-state index in [2.05, 4.69) is 52.2 Å². The maximum Gasteiger partial charge on any atom is 0.257 e. The summed E-state index contributed by atoms with van der Waals surface area (Å²) in [4.78, 5) is 22.7. The zero-order chi connectivity index (χ0) is 17.6. The summed E-state index contributed by atoms with van der Waals surface area (Å²) >= 11 is 0. The normalized spacial score (nSPS) is 10.3. The highest BCUT2D eigenvalue weighted by atomic mass is 16.1. The highest BCUT2D eigenvalue weighted by molar-refractivity contribution is 6.03. The van der Waals surface area contributed by atoms with Crippen LogP contribution in [-0.4, -0.2) is 22.4 Å². The molecule has 0 saturated heterocycles. The molecule has 3 aromatic rings. The number of nitrogens with one attached hydrogen (secondary N) is 1. The van der Waals surface area contributed by atoms with Crippen molar-refractivity contribution in [3.63, 3.8) is 0 Å². The van der Waals surface area contributed by atoms with Crippen LogP contribution < -0.4 is 10.2 Å². The van der Waals surface area contributed by atoms with Crippen LogP contribution in [0.15, 0.2) is 67.1 Å². The number of carbonyl (C=O) groups is 1. The molecule has 1 N–H and O–H groups in total. The van der Waals surface area contributed by atoms with Crippen LogP contribution >= 0.6 is 0 Å². The number of hydrogen-bond acceptors (Lipinski definition) is 4. The van der Waals surface area contributed by atoms with Crippen LogP contribution in [0.2, 0.25) is 0 Å². The van der Waals surface area contributed by atoms with E-state index in [-0.39, 0.29) is 5.91 Å². The summed E-state index contributed by atoms with van der Waals surface area (Å²) in [6.07, 6.45) is 4.84. The molecule has 0 bridgehead atoms. The fourth-order valence-electron chi connectivity index (χ4n) is 2.59. The lowest BCUT2D eigenvalue weighted by molar-refractivity contribution is 0.102.